The lowest BCUT2D eigenvalue weighted by Crippen LogP contribution is -2.16. The van der Waals surface area contributed by atoms with Crippen molar-refractivity contribution in [1.82, 2.24) is 4.98 Å². The summed E-state index contributed by atoms with van der Waals surface area (Å²) in [6.07, 6.45) is 3.21. The highest BCUT2D eigenvalue weighted by atomic mass is 32.1. The van der Waals surface area contributed by atoms with Crippen molar-refractivity contribution in [3.05, 3.63) is 34.3 Å². The summed E-state index contributed by atoms with van der Waals surface area (Å²) in [5.41, 5.74) is 1.85. The van der Waals surface area contributed by atoms with Crippen LogP contribution in [0.1, 0.15) is 24.5 Å². The van der Waals surface area contributed by atoms with E-state index >= 15 is 0 Å². The molecule has 1 heterocycles. The molecule has 0 aliphatic heterocycles. The number of aliphatic hydroxyl groups is 1. The molecule has 82 valence electrons. The molecule has 0 spiro atoms. The second kappa shape index (κ2) is 5.24. The summed E-state index contributed by atoms with van der Waals surface area (Å²) in [6.45, 7) is 9.51. The molecule has 2 atom stereocenters. The Balaban J connectivity index is 2.79. The van der Waals surface area contributed by atoms with Crippen LogP contribution in [0, 0.1) is 12.8 Å². The zero-order chi connectivity index (χ0) is 11.4. The highest BCUT2D eigenvalue weighted by molar-refractivity contribution is 7.09. The SMILES string of the molecule is C=C[C@H](C)C(O)/C(C)=C/c1csc(C)n1. The van der Waals surface area contributed by atoms with Crippen LogP contribution in [0.5, 0.6) is 0 Å². The lowest BCUT2D eigenvalue weighted by molar-refractivity contribution is 0.174. The molecule has 1 aromatic heterocycles. The van der Waals surface area contributed by atoms with Crippen molar-refractivity contribution < 1.29 is 5.11 Å². The largest absolute Gasteiger partial charge is 0.388 e. The van der Waals surface area contributed by atoms with Gasteiger partial charge in [0, 0.05) is 11.3 Å². The van der Waals surface area contributed by atoms with Crippen LogP contribution in [0.3, 0.4) is 0 Å². The fourth-order valence-electron chi connectivity index (χ4n) is 1.31. The first-order valence-electron chi connectivity index (χ1n) is 4.95. The minimum absolute atomic E-state index is 0.0704. The third-order valence-corrected chi connectivity index (χ3v) is 3.14. The Kier molecular flexibility index (Phi) is 4.24. The van der Waals surface area contributed by atoms with Crippen molar-refractivity contribution in [2.75, 3.05) is 0 Å². The standard InChI is InChI=1S/C12H17NOS/c1-5-8(2)12(14)9(3)6-11-7-15-10(4)13-11/h5-8,12,14H,1H2,2-4H3/b9-6+/t8-,12?/m0/s1. The van der Waals surface area contributed by atoms with E-state index in [4.69, 9.17) is 0 Å². The summed E-state index contributed by atoms with van der Waals surface area (Å²) >= 11 is 1.61. The van der Waals surface area contributed by atoms with E-state index in [0.717, 1.165) is 16.3 Å². The molecule has 1 N–H and O–H groups in total. The number of aromatic nitrogens is 1. The van der Waals surface area contributed by atoms with Crippen LogP contribution in [0.25, 0.3) is 6.08 Å². The predicted molar refractivity (Wildman–Crippen MR) is 65.9 cm³/mol. The number of aliphatic hydroxyl groups excluding tert-OH is 1. The number of nitrogens with zero attached hydrogens (tertiary/aromatic N) is 1. The molecule has 1 unspecified atom stereocenters. The van der Waals surface area contributed by atoms with E-state index in [-0.39, 0.29) is 5.92 Å². The molecule has 15 heavy (non-hydrogen) atoms. The molecule has 0 aromatic carbocycles. The van der Waals surface area contributed by atoms with Gasteiger partial charge in [0.1, 0.15) is 0 Å². The van der Waals surface area contributed by atoms with Gasteiger partial charge in [0.05, 0.1) is 16.8 Å². The zero-order valence-corrected chi connectivity index (χ0v) is 10.2. The van der Waals surface area contributed by atoms with Crippen LogP contribution in [-0.2, 0) is 0 Å². The van der Waals surface area contributed by atoms with E-state index in [1.165, 1.54) is 0 Å². The molecule has 0 amide bonds. The number of rotatable bonds is 4. The Morgan fingerprint density at radius 3 is 2.80 bits per heavy atom. The first-order chi connectivity index (χ1) is 7.04. The third kappa shape index (κ3) is 3.29. The van der Waals surface area contributed by atoms with Crippen LogP contribution >= 0.6 is 11.3 Å². The zero-order valence-electron chi connectivity index (χ0n) is 9.40. The Morgan fingerprint density at radius 1 is 1.67 bits per heavy atom. The van der Waals surface area contributed by atoms with Crippen molar-refractivity contribution >= 4 is 17.4 Å². The van der Waals surface area contributed by atoms with E-state index in [1.807, 2.05) is 32.2 Å². The Hall–Kier alpha value is -0.930. The molecule has 0 radical (unpaired) electrons. The minimum atomic E-state index is -0.468. The molecular weight excluding hydrogens is 206 g/mol. The summed E-state index contributed by atoms with van der Waals surface area (Å²) in [4.78, 5) is 4.32. The fraction of sp³-hybridized carbons (Fsp3) is 0.417. The van der Waals surface area contributed by atoms with E-state index in [2.05, 4.69) is 11.6 Å². The van der Waals surface area contributed by atoms with Crippen molar-refractivity contribution in [2.45, 2.75) is 26.9 Å². The smallest absolute Gasteiger partial charge is 0.0901 e. The van der Waals surface area contributed by atoms with Gasteiger partial charge in [-0.05, 0) is 25.5 Å². The normalized spacial score (nSPS) is 16.1. The van der Waals surface area contributed by atoms with Gasteiger partial charge in [-0.25, -0.2) is 4.98 Å². The molecule has 1 aromatic rings. The number of aryl methyl sites for hydroxylation is 1. The maximum atomic E-state index is 9.89. The molecule has 0 fully saturated rings. The van der Waals surface area contributed by atoms with Crippen molar-refractivity contribution in [2.24, 2.45) is 5.92 Å². The van der Waals surface area contributed by atoms with E-state index in [1.54, 1.807) is 17.4 Å². The van der Waals surface area contributed by atoms with Crippen molar-refractivity contribution in [3.63, 3.8) is 0 Å². The second-order valence-corrected chi connectivity index (χ2v) is 4.78. The minimum Gasteiger partial charge on any atom is -0.388 e. The highest BCUT2D eigenvalue weighted by Gasteiger charge is 2.12. The predicted octanol–water partition coefficient (Wildman–Crippen LogP) is 3.04. The highest BCUT2D eigenvalue weighted by Crippen LogP contribution is 2.17. The summed E-state index contributed by atoms with van der Waals surface area (Å²) in [5, 5.41) is 12.9. The van der Waals surface area contributed by atoms with Gasteiger partial charge in [-0.15, -0.1) is 17.9 Å². The monoisotopic (exact) mass is 223 g/mol. The molecule has 0 bridgehead atoms. The summed E-state index contributed by atoms with van der Waals surface area (Å²) in [5.74, 6) is 0.0704. The average Bonchev–Trinajstić information content (AvgIpc) is 2.61. The van der Waals surface area contributed by atoms with Gasteiger partial charge in [0.2, 0.25) is 0 Å². The van der Waals surface area contributed by atoms with Crippen LogP contribution in [0.2, 0.25) is 0 Å². The molecule has 0 saturated carbocycles. The van der Waals surface area contributed by atoms with E-state index in [0.29, 0.717) is 0 Å². The van der Waals surface area contributed by atoms with Gasteiger partial charge in [-0.3, -0.25) is 0 Å². The van der Waals surface area contributed by atoms with Crippen LogP contribution < -0.4 is 0 Å². The van der Waals surface area contributed by atoms with Crippen LogP contribution in [-0.4, -0.2) is 16.2 Å². The number of hydrogen-bond acceptors (Lipinski definition) is 3. The van der Waals surface area contributed by atoms with Gasteiger partial charge in [0.25, 0.3) is 0 Å². The number of hydrogen-bond donors (Lipinski definition) is 1. The average molecular weight is 223 g/mol. The molecule has 0 aliphatic rings. The maximum Gasteiger partial charge on any atom is 0.0901 e. The summed E-state index contributed by atoms with van der Waals surface area (Å²) in [6, 6.07) is 0. The molecule has 3 heteroatoms. The molecule has 2 nitrogen and oxygen atoms in total. The lowest BCUT2D eigenvalue weighted by atomic mass is 9.98. The van der Waals surface area contributed by atoms with Crippen molar-refractivity contribution in [3.8, 4) is 0 Å². The first kappa shape index (κ1) is 12.1. The Bertz CT molecular complexity index is 367. The van der Waals surface area contributed by atoms with E-state index in [9.17, 15) is 5.11 Å². The van der Waals surface area contributed by atoms with E-state index < -0.39 is 6.10 Å². The van der Waals surface area contributed by atoms with Gasteiger partial charge in [-0.2, -0.15) is 0 Å². The third-order valence-electron chi connectivity index (χ3n) is 2.35. The summed E-state index contributed by atoms with van der Waals surface area (Å²) < 4.78 is 0. The Labute approximate surface area is 95.0 Å². The molecule has 1 rings (SSSR count). The summed E-state index contributed by atoms with van der Waals surface area (Å²) in [7, 11) is 0. The maximum absolute atomic E-state index is 9.89. The molecular formula is C12H17NOS. The quantitative estimate of drug-likeness (QED) is 0.796. The lowest BCUT2D eigenvalue weighted by Gasteiger charge is -2.15. The second-order valence-electron chi connectivity index (χ2n) is 3.72. The van der Waals surface area contributed by atoms with Crippen molar-refractivity contribution in [1.29, 1.82) is 0 Å². The topological polar surface area (TPSA) is 33.1 Å². The molecule has 0 aliphatic carbocycles. The van der Waals surface area contributed by atoms with Crippen LogP contribution in [0.4, 0.5) is 0 Å². The Morgan fingerprint density at radius 2 is 2.33 bits per heavy atom. The fourth-order valence-corrected chi connectivity index (χ4v) is 1.88. The van der Waals surface area contributed by atoms with Crippen LogP contribution in [0.15, 0.2) is 23.6 Å². The molecule has 0 saturated heterocycles. The van der Waals surface area contributed by atoms with Gasteiger partial charge < -0.3 is 5.11 Å². The van der Waals surface area contributed by atoms with Gasteiger partial charge in [-0.1, -0.05) is 13.0 Å². The number of thiazole rings is 1. The first-order valence-corrected chi connectivity index (χ1v) is 5.83. The van der Waals surface area contributed by atoms with Gasteiger partial charge >= 0.3 is 0 Å². The van der Waals surface area contributed by atoms with Gasteiger partial charge in [0.15, 0.2) is 0 Å².